The maximum absolute atomic E-state index is 4.43. The molecule has 0 atom stereocenters. The molecule has 78 valence electrons. The molecule has 0 unspecified atom stereocenters. The average molecular weight is 203 g/mol. The summed E-state index contributed by atoms with van der Waals surface area (Å²) < 4.78 is 1.78. The van der Waals surface area contributed by atoms with Crippen molar-refractivity contribution >= 4 is 5.82 Å². The minimum Gasteiger partial charge on any atom is -0.369 e. The molecule has 0 saturated carbocycles. The summed E-state index contributed by atoms with van der Waals surface area (Å²) in [6.45, 7) is 2.86. The third-order valence-corrected chi connectivity index (χ3v) is 2.08. The van der Waals surface area contributed by atoms with E-state index in [1.165, 1.54) is 0 Å². The zero-order valence-corrected chi connectivity index (χ0v) is 8.81. The molecular weight excluding hydrogens is 190 g/mol. The van der Waals surface area contributed by atoms with Gasteiger partial charge in [0.1, 0.15) is 11.5 Å². The Morgan fingerprint density at radius 1 is 1.40 bits per heavy atom. The molecule has 0 fully saturated rings. The van der Waals surface area contributed by atoms with Gasteiger partial charge in [-0.15, -0.1) is 0 Å². The molecule has 5 heteroatoms. The van der Waals surface area contributed by atoms with Crippen molar-refractivity contribution in [2.45, 2.75) is 6.92 Å². The Hall–Kier alpha value is -1.91. The van der Waals surface area contributed by atoms with E-state index in [9.17, 15) is 0 Å². The highest BCUT2D eigenvalue weighted by atomic mass is 15.3. The minimum atomic E-state index is 0.788. The van der Waals surface area contributed by atoms with Crippen molar-refractivity contribution in [3.05, 3.63) is 24.7 Å². The molecule has 0 radical (unpaired) electrons. The lowest BCUT2D eigenvalue weighted by Gasteiger charge is -2.04. The Bertz CT molecular complexity index is 449. The first-order valence-electron chi connectivity index (χ1n) is 4.85. The van der Waals surface area contributed by atoms with Crippen LogP contribution in [0.1, 0.15) is 6.92 Å². The molecule has 2 heterocycles. The van der Waals surface area contributed by atoms with Gasteiger partial charge < -0.3 is 5.32 Å². The fourth-order valence-electron chi connectivity index (χ4n) is 1.38. The van der Waals surface area contributed by atoms with Gasteiger partial charge in [-0.25, -0.2) is 4.98 Å². The number of aromatic nitrogens is 4. The molecular formula is C10H13N5. The Morgan fingerprint density at radius 2 is 2.27 bits per heavy atom. The van der Waals surface area contributed by atoms with Crippen molar-refractivity contribution in [3.8, 4) is 11.4 Å². The third kappa shape index (κ3) is 1.96. The van der Waals surface area contributed by atoms with Crippen molar-refractivity contribution in [1.82, 2.24) is 19.7 Å². The summed E-state index contributed by atoms with van der Waals surface area (Å²) in [7, 11) is 1.89. The number of anilines is 1. The Labute approximate surface area is 88.2 Å². The molecule has 2 aromatic heterocycles. The van der Waals surface area contributed by atoms with Crippen LogP contribution in [-0.2, 0) is 7.05 Å². The van der Waals surface area contributed by atoms with Crippen molar-refractivity contribution in [3.63, 3.8) is 0 Å². The van der Waals surface area contributed by atoms with E-state index in [-0.39, 0.29) is 0 Å². The predicted octanol–water partition coefficient (Wildman–Crippen LogP) is 1.31. The lowest BCUT2D eigenvalue weighted by Crippen LogP contribution is -2.02. The van der Waals surface area contributed by atoms with Crippen LogP contribution in [0.2, 0.25) is 0 Å². The number of rotatable bonds is 3. The highest BCUT2D eigenvalue weighted by Gasteiger charge is 2.04. The first kappa shape index (κ1) is 9.64. The second kappa shape index (κ2) is 4.08. The highest BCUT2D eigenvalue weighted by Crippen LogP contribution is 2.15. The highest BCUT2D eigenvalue weighted by molar-refractivity contribution is 5.55. The second-order valence-corrected chi connectivity index (χ2v) is 3.16. The summed E-state index contributed by atoms with van der Waals surface area (Å²) in [5.74, 6) is 0.788. The van der Waals surface area contributed by atoms with E-state index in [0.29, 0.717) is 0 Å². The number of nitrogens with one attached hydrogen (secondary N) is 1. The van der Waals surface area contributed by atoms with Crippen LogP contribution in [0.3, 0.4) is 0 Å². The van der Waals surface area contributed by atoms with Crippen LogP contribution in [0.25, 0.3) is 11.4 Å². The van der Waals surface area contributed by atoms with Gasteiger partial charge >= 0.3 is 0 Å². The first-order chi connectivity index (χ1) is 7.31. The van der Waals surface area contributed by atoms with Crippen LogP contribution in [0, 0.1) is 0 Å². The fraction of sp³-hybridized carbons (Fsp3) is 0.300. The minimum absolute atomic E-state index is 0.788. The van der Waals surface area contributed by atoms with E-state index in [0.717, 1.165) is 23.8 Å². The van der Waals surface area contributed by atoms with Gasteiger partial charge in [0.15, 0.2) is 0 Å². The van der Waals surface area contributed by atoms with Gasteiger partial charge in [-0.3, -0.25) is 9.67 Å². The second-order valence-electron chi connectivity index (χ2n) is 3.16. The Balaban J connectivity index is 2.37. The third-order valence-electron chi connectivity index (χ3n) is 2.08. The SMILES string of the molecule is CCNc1cncc(-c2ccnn2C)n1. The van der Waals surface area contributed by atoms with E-state index in [2.05, 4.69) is 20.4 Å². The molecule has 2 aromatic rings. The van der Waals surface area contributed by atoms with Gasteiger partial charge in [-0.1, -0.05) is 0 Å². The van der Waals surface area contributed by atoms with E-state index in [4.69, 9.17) is 0 Å². The van der Waals surface area contributed by atoms with Gasteiger partial charge in [-0.2, -0.15) is 5.10 Å². The molecule has 0 spiro atoms. The standard InChI is InChI=1S/C10H13N5/c1-3-12-10-7-11-6-8(14-10)9-4-5-13-15(9)2/h4-7H,3H2,1-2H3,(H,12,14). The van der Waals surface area contributed by atoms with Gasteiger partial charge in [0.05, 0.1) is 18.1 Å². The van der Waals surface area contributed by atoms with Gasteiger partial charge in [0, 0.05) is 19.8 Å². The molecule has 2 rings (SSSR count). The molecule has 0 aliphatic carbocycles. The number of aryl methyl sites for hydroxylation is 1. The molecule has 1 N–H and O–H groups in total. The monoisotopic (exact) mass is 203 g/mol. The van der Waals surface area contributed by atoms with Crippen LogP contribution in [0.15, 0.2) is 24.7 Å². The van der Waals surface area contributed by atoms with E-state index in [1.807, 2.05) is 20.0 Å². The zero-order chi connectivity index (χ0) is 10.7. The normalized spacial score (nSPS) is 10.3. The van der Waals surface area contributed by atoms with Crippen LogP contribution in [0.5, 0.6) is 0 Å². The van der Waals surface area contributed by atoms with Crippen molar-refractivity contribution in [1.29, 1.82) is 0 Å². The fourth-order valence-corrected chi connectivity index (χ4v) is 1.38. The molecule has 0 aliphatic rings. The average Bonchev–Trinajstić information content (AvgIpc) is 2.65. The lowest BCUT2D eigenvalue weighted by atomic mass is 10.3. The quantitative estimate of drug-likeness (QED) is 0.817. The molecule has 5 nitrogen and oxygen atoms in total. The van der Waals surface area contributed by atoms with Gasteiger partial charge in [0.2, 0.25) is 0 Å². The van der Waals surface area contributed by atoms with E-state index >= 15 is 0 Å². The summed E-state index contributed by atoms with van der Waals surface area (Å²) in [6, 6.07) is 1.92. The molecule has 0 saturated heterocycles. The molecule has 15 heavy (non-hydrogen) atoms. The lowest BCUT2D eigenvalue weighted by molar-refractivity contribution is 0.773. The van der Waals surface area contributed by atoms with Crippen LogP contribution in [-0.4, -0.2) is 26.3 Å². The van der Waals surface area contributed by atoms with Gasteiger partial charge in [0.25, 0.3) is 0 Å². The summed E-state index contributed by atoms with van der Waals surface area (Å²) in [4.78, 5) is 8.57. The van der Waals surface area contributed by atoms with Crippen LogP contribution in [0.4, 0.5) is 5.82 Å². The maximum atomic E-state index is 4.43. The Kier molecular flexibility index (Phi) is 2.62. The summed E-state index contributed by atoms with van der Waals surface area (Å²) in [5, 5.41) is 7.22. The molecule has 0 aliphatic heterocycles. The topological polar surface area (TPSA) is 55.6 Å². The molecule has 0 amide bonds. The largest absolute Gasteiger partial charge is 0.369 e. The zero-order valence-electron chi connectivity index (χ0n) is 8.81. The van der Waals surface area contributed by atoms with Crippen LogP contribution >= 0.6 is 0 Å². The van der Waals surface area contributed by atoms with Crippen molar-refractivity contribution < 1.29 is 0 Å². The number of hydrogen-bond donors (Lipinski definition) is 1. The Morgan fingerprint density at radius 3 is 2.93 bits per heavy atom. The summed E-state index contributed by atoms with van der Waals surface area (Å²) in [5.41, 5.74) is 1.79. The maximum Gasteiger partial charge on any atom is 0.145 e. The van der Waals surface area contributed by atoms with Crippen LogP contribution < -0.4 is 5.32 Å². The van der Waals surface area contributed by atoms with Crippen molar-refractivity contribution in [2.75, 3.05) is 11.9 Å². The first-order valence-corrected chi connectivity index (χ1v) is 4.85. The number of nitrogens with zero attached hydrogens (tertiary/aromatic N) is 4. The number of hydrogen-bond acceptors (Lipinski definition) is 4. The molecule has 0 aromatic carbocycles. The van der Waals surface area contributed by atoms with E-state index < -0.39 is 0 Å². The predicted molar refractivity (Wildman–Crippen MR) is 58.4 cm³/mol. The van der Waals surface area contributed by atoms with E-state index in [1.54, 1.807) is 23.3 Å². The van der Waals surface area contributed by atoms with Crippen molar-refractivity contribution in [2.24, 2.45) is 7.05 Å². The summed E-state index contributed by atoms with van der Waals surface area (Å²) in [6.07, 6.45) is 5.19. The molecule has 0 bridgehead atoms. The summed E-state index contributed by atoms with van der Waals surface area (Å²) >= 11 is 0. The van der Waals surface area contributed by atoms with Gasteiger partial charge in [-0.05, 0) is 13.0 Å². The smallest absolute Gasteiger partial charge is 0.145 e.